The fraction of sp³-hybridized carbons (Fsp3) is 0.0204. The zero-order chi connectivity index (χ0) is 33.3. The van der Waals surface area contributed by atoms with Crippen LogP contribution in [-0.2, 0) is 5.41 Å². The van der Waals surface area contributed by atoms with Crippen LogP contribution in [0.3, 0.4) is 0 Å². The molecule has 2 nitrogen and oxygen atoms in total. The van der Waals surface area contributed by atoms with Gasteiger partial charge in [-0.1, -0.05) is 133 Å². The fourth-order valence-electron chi connectivity index (χ4n) is 9.69. The van der Waals surface area contributed by atoms with E-state index in [0.717, 1.165) is 39.0 Å². The van der Waals surface area contributed by atoms with Crippen LogP contribution < -0.4 is 4.90 Å². The molecule has 0 aliphatic heterocycles. The molecule has 0 bridgehead atoms. The van der Waals surface area contributed by atoms with Gasteiger partial charge in [0.15, 0.2) is 0 Å². The van der Waals surface area contributed by atoms with Crippen molar-refractivity contribution in [3.05, 3.63) is 198 Å². The SMILES string of the molecule is c1ccc(-c2ccccc2N(c2ccc3c(c2)C24c5ccccc5-c5cccc(c52)-c2cccc-3c24)c2ccc3oc4ccccc4c3c2)cc1. The minimum absolute atomic E-state index is 0.352. The highest BCUT2D eigenvalue weighted by Crippen LogP contribution is 2.70. The molecule has 0 amide bonds. The van der Waals surface area contributed by atoms with E-state index in [1.807, 2.05) is 6.07 Å². The Morgan fingerprint density at radius 1 is 0.373 bits per heavy atom. The van der Waals surface area contributed by atoms with E-state index in [1.165, 1.54) is 66.8 Å². The van der Waals surface area contributed by atoms with E-state index in [9.17, 15) is 0 Å². The molecule has 0 N–H and O–H groups in total. The van der Waals surface area contributed by atoms with E-state index in [2.05, 4.69) is 175 Å². The topological polar surface area (TPSA) is 16.4 Å². The van der Waals surface area contributed by atoms with Gasteiger partial charge in [-0.3, -0.25) is 0 Å². The molecule has 3 aliphatic rings. The zero-order valence-corrected chi connectivity index (χ0v) is 27.6. The lowest BCUT2D eigenvalue weighted by molar-refractivity contribution is 0.669. The lowest BCUT2D eigenvalue weighted by atomic mass is 9.73. The molecule has 12 rings (SSSR count). The van der Waals surface area contributed by atoms with Gasteiger partial charge in [0.25, 0.3) is 0 Å². The Bertz CT molecular complexity index is 2900. The van der Waals surface area contributed by atoms with Gasteiger partial charge in [-0.15, -0.1) is 0 Å². The van der Waals surface area contributed by atoms with Crippen molar-refractivity contribution in [3.63, 3.8) is 0 Å². The first-order chi connectivity index (χ1) is 25.3. The van der Waals surface area contributed by atoms with Crippen molar-refractivity contribution >= 4 is 39.0 Å². The minimum Gasteiger partial charge on any atom is -0.456 e. The second-order valence-electron chi connectivity index (χ2n) is 14.0. The largest absolute Gasteiger partial charge is 0.456 e. The van der Waals surface area contributed by atoms with Crippen molar-refractivity contribution < 1.29 is 4.42 Å². The van der Waals surface area contributed by atoms with Gasteiger partial charge < -0.3 is 9.32 Å². The predicted octanol–water partition coefficient (Wildman–Crippen LogP) is 13.0. The van der Waals surface area contributed by atoms with Crippen LogP contribution in [0.25, 0.3) is 66.4 Å². The molecular weight excluding hydrogens is 619 g/mol. The molecule has 236 valence electrons. The maximum atomic E-state index is 6.30. The second-order valence-corrected chi connectivity index (χ2v) is 14.0. The van der Waals surface area contributed by atoms with Gasteiger partial charge in [0.05, 0.1) is 11.1 Å². The average Bonchev–Trinajstić information content (AvgIpc) is 3.90. The summed E-state index contributed by atoms with van der Waals surface area (Å²) in [5.74, 6) is 0. The first-order valence-corrected chi connectivity index (χ1v) is 17.7. The van der Waals surface area contributed by atoms with Crippen LogP contribution >= 0.6 is 0 Å². The zero-order valence-electron chi connectivity index (χ0n) is 27.6. The lowest BCUT2D eigenvalue weighted by Gasteiger charge is -2.31. The average molecular weight is 648 g/mol. The van der Waals surface area contributed by atoms with Crippen molar-refractivity contribution in [1.82, 2.24) is 0 Å². The number of fused-ring (bicyclic) bond motifs is 8. The number of para-hydroxylation sites is 2. The number of hydrogen-bond acceptors (Lipinski definition) is 2. The number of rotatable bonds is 4. The lowest BCUT2D eigenvalue weighted by Crippen LogP contribution is -2.23. The Morgan fingerprint density at radius 2 is 0.941 bits per heavy atom. The molecule has 1 spiro atoms. The van der Waals surface area contributed by atoms with E-state index >= 15 is 0 Å². The highest BCUT2D eigenvalue weighted by molar-refractivity contribution is 6.08. The Hall–Kier alpha value is -6.64. The first kappa shape index (κ1) is 27.2. The van der Waals surface area contributed by atoms with Gasteiger partial charge >= 0.3 is 0 Å². The molecule has 0 saturated carbocycles. The Labute approximate surface area is 295 Å². The molecule has 0 radical (unpaired) electrons. The number of hydrogen-bond donors (Lipinski definition) is 0. The molecule has 1 aromatic heterocycles. The van der Waals surface area contributed by atoms with E-state index < -0.39 is 0 Å². The highest BCUT2D eigenvalue weighted by Gasteiger charge is 2.57. The summed E-state index contributed by atoms with van der Waals surface area (Å²) in [5, 5.41) is 2.24. The predicted molar refractivity (Wildman–Crippen MR) is 209 cm³/mol. The summed E-state index contributed by atoms with van der Waals surface area (Å²) >= 11 is 0. The van der Waals surface area contributed by atoms with Crippen LogP contribution in [0.1, 0.15) is 22.3 Å². The van der Waals surface area contributed by atoms with Crippen molar-refractivity contribution in [2.45, 2.75) is 5.41 Å². The van der Waals surface area contributed by atoms with Crippen molar-refractivity contribution in [2.24, 2.45) is 0 Å². The van der Waals surface area contributed by atoms with Crippen LogP contribution in [0.4, 0.5) is 17.1 Å². The van der Waals surface area contributed by atoms with Crippen molar-refractivity contribution in [2.75, 3.05) is 4.90 Å². The van der Waals surface area contributed by atoms with Gasteiger partial charge in [0, 0.05) is 27.7 Å². The van der Waals surface area contributed by atoms with E-state index in [-0.39, 0.29) is 5.41 Å². The van der Waals surface area contributed by atoms with Gasteiger partial charge in [-0.05, 0) is 104 Å². The minimum atomic E-state index is -0.352. The highest BCUT2D eigenvalue weighted by atomic mass is 16.3. The Morgan fingerprint density at radius 3 is 1.75 bits per heavy atom. The quantitative estimate of drug-likeness (QED) is 0.189. The maximum absolute atomic E-state index is 6.30. The molecule has 9 aromatic rings. The molecular formula is C49H29NO. The summed E-state index contributed by atoms with van der Waals surface area (Å²) in [6.07, 6.45) is 0. The molecule has 1 atom stereocenters. The standard InChI is InChI=1S/C49H29NO/c1-2-12-30(13-3-1)33-14-5-8-22-44(33)50(31-25-27-46-41(28-31)36-16-6-9-23-45(36)51-46)32-24-26-35-38-18-11-20-40-39-19-10-17-37-34-15-4-7-21-42(34)49(47(37)39,48(38)40)43(35)29-32/h1-29H. The molecule has 1 heterocycles. The summed E-state index contributed by atoms with van der Waals surface area (Å²) < 4.78 is 6.30. The number of furan rings is 1. The van der Waals surface area contributed by atoms with E-state index in [4.69, 9.17) is 4.42 Å². The Kier molecular flexibility index (Phi) is 5.20. The van der Waals surface area contributed by atoms with Crippen LogP contribution in [0.5, 0.6) is 0 Å². The summed E-state index contributed by atoms with van der Waals surface area (Å²) in [6.45, 7) is 0. The molecule has 2 heteroatoms. The van der Waals surface area contributed by atoms with Crippen LogP contribution in [0.2, 0.25) is 0 Å². The smallest absolute Gasteiger partial charge is 0.135 e. The van der Waals surface area contributed by atoms with Crippen LogP contribution in [0.15, 0.2) is 180 Å². The summed E-state index contributed by atoms with van der Waals surface area (Å²) in [4.78, 5) is 2.45. The molecule has 1 unspecified atom stereocenters. The third kappa shape index (κ3) is 3.37. The van der Waals surface area contributed by atoms with Crippen LogP contribution in [-0.4, -0.2) is 0 Å². The monoisotopic (exact) mass is 647 g/mol. The maximum Gasteiger partial charge on any atom is 0.135 e. The fourth-order valence-corrected chi connectivity index (χ4v) is 9.69. The normalized spacial score (nSPS) is 15.5. The van der Waals surface area contributed by atoms with Crippen molar-refractivity contribution in [3.8, 4) is 44.5 Å². The van der Waals surface area contributed by atoms with E-state index in [0.29, 0.717) is 0 Å². The summed E-state index contributed by atoms with van der Waals surface area (Å²) in [5.41, 5.74) is 20.9. The molecule has 8 aromatic carbocycles. The van der Waals surface area contributed by atoms with Crippen LogP contribution in [0, 0.1) is 0 Å². The molecule has 0 fully saturated rings. The molecule has 0 saturated heterocycles. The number of benzene rings is 8. The second kappa shape index (κ2) is 9.74. The first-order valence-electron chi connectivity index (χ1n) is 17.7. The van der Waals surface area contributed by atoms with Gasteiger partial charge in [-0.25, -0.2) is 0 Å². The van der Waals surface area contributed by atoms with Crippen molar-refractivity contribution in [1.29, 1.82) is 0 Å². The number of nitrogens with zero attached hydrogens (tertiary/aromatic N) is 1. The molecule has 3 aliphatic carbocycles. The van der Waals surface area contributed by atoms with Gasteiger partial charge in [0.1, 0.15) is 11.2 Å². The van der Waals surface area contributed by atoms with Gasteiger partial charge in [-0.2, -0.15) is 0 Å². The summed E-state index contributed by atoms with van der Waals surface area (Å²) in [7, 11) is 0. The molecule has 51 heavy (non-hydrogen) atoms. The number of anilines is 3. The van der Waals surface area contributed by atoms with E-state index in [1.54, 1.807) is 0 Å². The Balaban J connectivity index is 1.16. The third-order valence-corrected chi connectivity index (χ3v) is 11.6. The van der Waals surface area contributed by atoms with Gasteiger partial charge in [0.2, 0.25) is 0 Å². The summed E-state index contributed by atoms with van der Waals surface area (Å²) in [6, 6.07) is 64.6. The third-order valence-electron chi connectivity index (χ3n) is 11.6.